The van der Waals surface area contributed by atoms with E-state index in [-0.39, 0.29) is 5.78 Å². The maximum Gasteiger partial charge on any atom is 0.172 e. The number of rotatable bonds is 6. The highest BCUT2D eigenvalue weighted by atomic mass is 35.5. The predicted octanol–water partition coefficient (Wildman–Crippen LogP) is 4.86. The predicted molar refractivity (Wildman–Crippen MR) is 67.2 cm³/mol. The van der Waals surface area contributed by atoms with Crippen molar-refractivity contribution in [3.05, 3.63) is 20.8 Å². The molecular formula is C12H17ClOS. The third-order valence-corrected chi connectivity index (χ3v) is 3.99. The molecule has 0 aliphatic rings. The Balaban J connectivity index is 2.40. The lowest BCUT2D eigenvalue weighted by molar-refractivity contribution is 0.0983. The van der Waals surface area contributed by atoms with Crippen LogP contribution in [0.1, 0.15) is 54.3 Å². The van der Waals surface area contributed by atoms with Crippen LogP contribution in [0.5, 0.6) is 0 Å². The van der Waals surface area contributed by atoms with Crippen LogP contribution >= 0.6 is 22.9 Å². The molecule has 3 heteroatoms. The van der Waals surface area contributed by atoms with Gasteiger partial charge in [-0.3, -0.25) is 4.79 Å². The summed E-state index contributed by atoms with van der Waals surface area (Å²) >= 11 is 7.33. The van der Waals surface area contributed by atoms with E-state index in [1.54, 1.807) is 0 Å². The van der Waals surface area contributed by atoms with Gasteiger partial charge in [-0.05, 0) is 25.0 Å². The summed E-state index contributed by atoms with van der Waals surface area (Å²) in [7, 11) is 0. The van der Waals surface area contributed by atoms with Crippen molar-refractivity contribution >= 4 is 28.7 Å². The highest BCUT2D eigenvalue weighted by molar-refractivity contribution is 7.18. The second-order valence-electron chi connectivity index (χ2n) is 3.80. The van der Waals surface area contributed by atoms with Crippen molar-refractivity contribution in [1.29, 1.82) is 0 Å². The van der Waals surface area contributed by atoms with Crippen LogP contribution in [-0.4, -0.2) is 5.78 Å². The van der Waals surface area contributed by atoms with Crippen LogP contribution in [0.3, 0.4) is 0 Å². The van der Waals surface area contributed by atoms with E-state index in [9.17, 15) is 4.79 Å². The van der Waals surface area contributed by atoms with Gasteiger partial charge in [0.05, 0.1) is 9.21 Å². The fourth-order valence-corrected chi connectivity index (χ4v) is 2.60. The molecule has 0 amide bonds. The normalized spacial score (nSPS) is 10.6. The zero-order chi connectivity index (χ0) is 11.3. The first-order valence-corrected chi connectivity index (χ1v) is 6.63. The second kappa shape index (κ2) is 6.29. The summed E-state index contributed by atoms with van der Waals surface area (Å²) in [5, 5.41) is 0. The van der Waals surface area contributed by atoms with Gasteiger partial charge in [0.2, 0.25) is 0 Å². The number of thiophene rings is 1. The summed E-state index contributed by atoms with van der Waals surface area (Å²) in [6, 6.07) is 1.90. The molecule has 15 heavy (non-hydrogen) atoms. The monoisotopic (exact) mass is 244 g/mol. The van der Waals surface area contributed by atoms with Crippen LogP contribution in [0.2, 0.25) is 4.34 Å². The van der Waals surface area contributed by atoms with Crippen LogP contribution in [0.25, 0.3) is 0 Å². The first-order chi connectivity index (χ1) is 7.15. The molecule has 0 aromatic carbocycles. The zero-order valence-corrected chi connectivity index (χ0v) is 10.9. The fraction of sp³-hybridized carbons (Fsp3) is 0.583. The van der Waals surface area contributed by atoms with E-state index in [0.717, 1.165) is 27.6 Å². The average molecular weight is 245 g/mol. The van der Waals surface area contributed by atoms with Gasteiger partial charge in [-0.25, -0.2) is 0 Å². The van der Waals surface area contributed by atoms with Crippen LogP contribution in [0.15, 0.2) is 6.07 Å². The van der Waals surface area contributed by atoms with E-state index >= 15 is 0 Å². The molecule has 0 aliphatic heterocycles. The van der Waals surface area contributed by atoms with Crippen molar-refractivity contribution in [1.82, 2.24) is 0 Å². The van der Waals surface area contributed by atoms with E-state index in [1.165, 1.54) is 24.2 Å². The van der Waals surface area contributed by atoms with Crippen LogP contribution in [0, 0.1) is 6.92 Å². The van der Waals surface area contributed by atoms with Crippen molar-refractivity contribution < 1.29 is 4.79 Å². The fourth-order valence-electron chi connectivity index (χ4n) is 1.43. The Morgan fingerprint density at radius 2 is 2.13 bits per heavy atom. The molecule has 1 rings (SSSR count). The van der Waals surface area contributed by atoms with Gasteiger partial charge >= 0.3 is 0 Å². The Kier molecular flexibility index (Phi) is 5.34. The highest BCUT2D eigenvalue weighted by Gasteiger charge is 2.10. The number of carbonyl (C=O) groups is 1. The minimum absolute atomic E-state index is 0.242. The number of unbranched alkanes of at least 4 members (excludes halogenated alkanes) is 3. The molecule has 0 N–H and O–H groups in total. The number of Topliss-reactive ketones (excluding diaryl/α,β-unsaturated/α-hetero) is 1. The van der Waals surface area contributed by atoms with Crippen molar-refractivity contribution in [2.75, 3.05) is 0 Å². The number of carbonyl (C=O) groups excluding carboxylic acids is 1. The topological polar surface area (TPSA) is 17.1 Å². The van der Waals surface area contributed by atoms with Crippen LogP contribution in [-0.2, 0) is 0 Å². The molecule has 0 spiro atoms. The lowest BCUT2D eigenvalue weighted by Gasteiger charge is -1.97. The summed E-state index contributed by atoms with van der Waals surface area (Å²) in [5.41, 5.74) is 1.01. The lowest BCUT2D eigenvalue weighted by atomic mass is 10.1. The Labute approximate surface area is 100 Å². The third kappa shape index (κ3) is 3.96. The van der Waals surface area contributed by atoms with Gasteiger partial charge in [0, 0.05) is 6.42 Å². The molecule has 1 heterocycles. The summed E-state index contributed by atoms with van der Waals surface area (Å²) in [5.74, 6) is 0.242. The highest BCUT2D eigenvalue weighted by Crippen LogP contribution is 2.28. The van der Waals surface area contributed by atoms with Gasteiger partial charge in [-0.1, -0.05) is 37.8 Å². The molecule has 1 aromatic heterocycles. The molecule has 84 valence electrons. The average Bonchev–Trinajstić information content (AvgIpc) is 2.54. The van der Waals surface area contributed by atoms with Crippen molar-refractivity contribution in [2.45, 2.75) is 46.0 Å². The van der Waals surface area contributed by atoms with E-state index in [2.05, 4.69) is 6.92 Å². The molecule has 0 fully saturated rings. The standard InChI is InChI=1S/C12H17ClOS/c1-3-4-5-6-7-10(14)11-8-9(2)12(13)15-11/h8H,3-7H2,1-2H3. The van der Waals surface area contributed by atoms with Crippen molar-refractivity contribution in [3.8, 4) is 0 Å². The second-order valence-corrected chi connectivity index (χ2v) is 5.46. The number of hydrogen-bond acceptors (Lipinski definition) is 2. The molecule has 0 aliphatic carbocycles. The Hall–Kier alpha value is -0.340. The molecule has 1 nitrogen and oxygen atoms in total. The molecule has 0 radical (unpaired) electrons. The van der Waals surface area contributed by atoms with E-state index in [1.807, 2.05) is 13.0 Å². The number of hydrogen-bond donors (Lipinski definition) is 0. The minimum Gasteiger partial charge on any atom is -0.293 e. The smallest absolute Gasteiger partial charge is 0.172 e. The van der Waals surface area contributed by atoms with Gasteiger partial charge in [0.1, 0.15) is 0 Å². The van der Waals surface area contributed by atoms with Gasteiger partial charge in [-0.2, -0.15) is 0 Å². The number of halogens is 1. The zero-order valence-electron chi connectivity index (χ0n) is 9.31. The number of aryl methyl sites for hydroxylation is 1. The van der Waals surface area contributed by atoms with E-state index < -0.39 is 0 Å². The molecular weight excluding hydrogens is 228 g/mol. The molecule has 0 saturated carbocycles. The molecule has 0 unspecified atom stereocenters. The van der Waals surface area contributed by atoms with Crippen LogP contribution in [0.4, 0.5) is 0 Å². The third-order valence-electron chi connectivity index (χ3n) is 2.39. The van der Waals surface area contributed by atoms with Crippen molar-refractivity contribution in [2.24, 2.45) is 0 Å². The summed E-state index contributed by atoms with van der Waals surface area (Å²) in [6.45, 7) is 4.11. The Morgan fingerprint density at radius 3 is 2.67 bits per heavy atom. The quantitative estimate of drug-likeness (QED) is 0.516. The maximum absolute atomic E-state index is 11.7. The molecule has 0 atom stereocenters. The van der Waals surface area contributed by atoms with Gasteiger partial charge in [-0.15, -0.1) is 11.3 Å². The molecule has 0 bridgehead atoms. The first kappa shape index (κ1) is 12.7. The maximum atomic E-state index is 11.7. The summed E-state index contributed by atoms with van der Waals surface area (Å²) in [4.78, 5) is 12.5. The Morgan fingerprint density at radius 1 is 1.40 bits per heavy atom. The summed E-state index contributed by atoms with van der Waals surface area (Å²) < 4.78 is 0.743. The van der Waals surface area contributed by atoms with E-state index in [4.69, 9.17) is 11.6 Å². The van der Waals surface area contributed by atoms with Gasteiger partial charge in [0.15, 0.2) is 5.78 Å². The van der Waals surface area contributed by atoms with Gasteiger partial charge in [0.25, 0.3) is 0 Å². The first-order valence-electron chi connectivity index (χ1n) is 5.44. The lowest BCUT2D eigenvalue weighted by Crippen LogP contribution is -1.95. The SMILES string of the molecule is CCCCCCC(=O)c1cc(C)c(Cl)s1. The minimum atomic E-state index is 0.242. The summed E-state index contributed by atoms with van der Waals surface area (Å²) in [6.07, 6.45) is 5.24. The molecule has 0 saturated heterocycles. The van der Waals surface area contributed by atoms with Crippen molar-refractivity contribution in [3.63, 3.8) is 0 Å². The van der Waals surface area contributed by atoms with Crippen LogP contribution < -0.4 is 0 Å². The van der Waals surface area contributed by atoms with E-state index in [0.29, 0.717) is 6.42 Å². The Bertz CT molecular complexity index is 311. The van der Waals surface area contributed by atoms with Gasteiger partial charge < -0.3 is 0 Å². The number of ketones is 1. The largest absolute Gasteiger partial charge is 0.293 e. The molecule has 1 aromatic rings.